The highest BCUT2D eigenvalue weighted by molar-refractivity contribution is 5.63. The molecule has 4 rings (SSSR count). The molecule has 0 spiro atoms. The van der Waals surface area contributed by atoms with Crippen molar-refractivity contribution in [1.82, 2.24) is 10.3 Å². The molecule has 0 fully saturated rings. The lowest BCUT2D eigenvalue weighted by molar-refractivity contribution is -0.704. The van der Waals surface area contributed by atoms with Gasteiger partial charge >= 0.3 is 11.5 Å². The van der Waals surface area contributed by atoms with Gasteiger partial charge in [0.25, 0.3) is 11.4 Å². The van der Waals surface area contributed by atoms with Crippen LogP contribution in [0.1, 0.15) is 16.8 Å². The molecule has 0 aliphatic heterocycles. The van der Waals surface area contributed by atoms with E-state index in [4.69, 9.17) is 5.26 Å². The Kier molecular flexibility index (Phi) is 5.87. The van der Waals surface area contributed by atoms with Gasteiger partial charge in [-0.3, -0.25) is 0 Å². The molecular weight excluding hydrogens is 408 g/mol. The van der Waals surface area contributed by atoms with Gasteiger partial charge in [-0.25, -0.2) is 0 Å². The summed E-state index contributed by atoms with van der Waals surface area (Å²) in [4.78, 5) is 32.4. The maximum Gasteiger partial charge on any atom is 0.415 e. The number of nitro groups is 1. The van der Waals surface area contributed by atoms with E-state index in [0.717, 1.165) is 11.1 Å². The van der Waals surface area contributed by atoms with Gasteiger partial charge in [-0.2, -0.15) is 5.26 Å². The third-order valence-corrected chi connectivity index (χ3v) is 4.23. The Labute approximate surface area is 173 Å². The van der Waals surface area contributed by atoms with E-state index < -0.39 is 10.7 Å². The number of nitrogens with one attached hydrogen (secondary N) is 2. The number of hydrogen-bond acceptors (Lipinski definition) is 7. The Hall–Kier alpha value is -4.79. The first-order valence-corrected chi connectivity index (χ1v) is 8.79. The predicted octanol–water partition coefficient (Wildman–Crippen LogP) is 2.78. The molecule has 0 saturated carbocycles. The Balaban J connectivity index is 0.000000176. The van der Waals surface area contributed by atoms with Crippen molar-refractivity contribution < 1.29 is 23.4 Å². The molecule has 0 aliphatic rings. The number of aromatic nitrogens is 4. The van der Waals surface area contributed by atoms with Crippen LogP contribution in [0.15, 0.2) is 57.8 Å². The molecule has 31 heavy (non-hydrogen) atoms. The van der Waals surface area contributed by atoms with Crippen LogP contribution in [-0.4, -0.2) is 15.2 Å². The van der Waals surface area contributed by atoms with Crippen molar-refractivity contribution in [3.63, 3.8) is 0 Å². The number of nitrogens with zero attached hydrogens (tertiary/aromatic N) is 4. The molecular formula is C19H16N6O6+2. The van der Waals surface area contributed by atoms with Gasteiger partial charge in [0.05, 0.1) is 0 Å². The van der Waals surface area contributed by atoms with Gasteiger partial charge in [0.2, 0.25) is 0 Å². The van der Waals surface area contributed by atoms with E-state index >= 15 is 0 Å². The van der Waals surface area contributed by atoms with Crippen LogP contribution in [0, 0.1) is 45.1 Å². The highest BCUT2D eigenvalue weighted by Gasteiger charge is 2.27. The van der Waals surface area contributed by atoms with Crippen molar-refractivity contribution in [3.8, 4) is 28.6 Å². The first-order valence-electron chi connectivity index (χ1n) is 8.79. The third kappa shape index (κ3) is 4.46. The van der Waals surface area contributed by atoms with Crippen molar-refractivity contribution in [2.24, 2.45) is 0 Å². The summed E-state index contributed by atoms with van der Waals surface area (Å²) in [5.41, 5.74) is 3.35. The first-order chi connectivity index (χ1) is 14.8. The Morgan fingerprint density at radius 1 is 0.871 bits per heavy atom. The van der Waals surface area contributed by atoms with Crippen molar-refractivity contribution >= 4 is 5.82 Å². The van der Waals surface area contributed by atoms with Crippen LogP contribution in [0.5, 0.6) is 0 Å². The minimum atomic E-state index is -0.701. The summed E-state index contributed by atoms with van der Waals surface area (Å²) in [7, 11) is 0. The highest BCUT2D eigenvalue weighted by atomic mass is 16.7. The van der Waals surface area contributed by atoms with E-state index in [-0.39, 0.29) is 21.7 Å². The molecule has 0 aliphatic carbocycles. The predicted molar refractivity (Wildman–Crippen MR) is 105 cm³/mol. The van der Waals surface area contributed by atoms with E-state index in [1.54, 1.807) is 36.4 Å². The van der Waals surface area contributed by atoms with E-state index in [9.17, 15) is 19.9 Å². The summed E-state index contributed by atoms with van der Waals surface area (Å²) in [6.07, 6.45) is 0. The molecule has 4 aromatic rings. The maximum absolute atomic E-state index is 11.3. The molecule has 12 nitrogen and oxygen atoms in total. The van der Waals surface area contributed by atoms with Gasteiger partial charge < -0.3 is 10.1 Å². The molecule has 0 radical (unpaired) electrons. The fourth-order valence-corrected chi connectivity index (χ4v) is 2.65. The maximum atomic E-state index is 11.3. The number of nitriles is 1. The molecule has 0 bridgehead atoms. The number of rotatable bonds is 3. The van der Waals surface area contributed by atoms with Gasteiger partial charge in [-0.1, -0.05) is 49.8 Å². The molecule has 2 N–H and O–H groups in total. The largest absolute Gasteiger partial charge is 0.415 e. The summed E-state index contributed by atoms with van der Waals surface area (Å²) in [6.45, 7) is 3.83. The van der Waals surface area contributed by atoms with Gasteiger partial charge in [0.15, 0.2) is 15.3 Å². The van der Waals surface area contributed by atoms with Gasteiger partial charge in [0, 0.05) is 11.1 Å². The first kappa shape index (κ1) is 20.9. The number of aryl methyl sites for hydroxylation is 2. The normalized spacial score (nSPS) is 10.1. The van der Waals surface area contributed by atoms with Gasteiger partial charge in [-0.15, -0.1) is 0 Å². The molecule has 0 amide bonds. The Bertz CT molecular complexity index is 1370. The molecule has 0 unspecified atom stereocenters. The smallest absolute Gasteiger partial charge is 0.358 e. The van der Waals surface area contributed by atoms with Gasteiger partial charge in [-0.05, 0) is 58.0 Å². The van der Waals surface area contributed by atoms with Crippen molar-refractivity contribution in [3.05, 3.63) is 85.3 Å². The second-order valence-corrected chi connectivity index (χ2v) is 6.42. The number of hydrogen-bond donors (Lipinski definition) is 2. The van der Waals surface area contributed by atoms with E-state index in [2.05, 4.69) is 14.4 Å². The molecule has 0 saturated heterocycles. The summed E-state index contributed by atoms with van der Waals surface area (Å²) in [6, 6.07) is 15.9. The summed E-state index contributed by atoms with van der Waals surface area (Å²) in [5.74, 6) is -0.459. The topological polar surface area (TPSA) is 171 Å². The second-order valence-electron chi connectivity index (χ2n) is 6.42. The zero-order chi connectivity index (χ0) is 22.5. The number of H-pyrrole nitrogens is 2. The average Bonchev–Trinajstić information content (AvgIpc) is 3.32. The Morgan fingerprint density at radius 2 is 1.32 bits per heavy atom. The molecule has 2 aromatic heterocycles. The van der Waals surface area contributed by atoms with Crippen molar-refractivity contribution in [2.45, 2.75) is 13.8 Å². The fourth-order valence-electron chi connectivity index (χ4n) is 2.65. The zero-order valence-electron chi connectivity index (χ0n) is 16.4. The summed E-state index contributed by atoms with van der Waals surface area (Å²) >= 11 is 0. The van der Waals surface area contributed by atoms with Crippen LogP contribution in [0.25, 0.3) is 22.5 Å². The number of aromatic amines is 2. The zero-order valence-corrected chi connectivity index (χ0v) is 16.4. The van der Waals surface area contributed by atoms with E-state index in [1.165, 1.54) is 0 Å². The monoisotopic (exact) mass is 424 g/mol. The lowest BCUT2D eigenvalue weighted by atomic mass is 10.1. The minimum Gasteiger partial charge on any atom is -0.358 e. The lowest BCUT2D eigenvalue weighted by Gasteiger charge is -1.94. The lowest BCUT2D eigenvalue weighted by Crippen LogP contribution is -2.12. The highest BCUT2D eigenvalue weighted by Crippen LogP contribution is 2.23. The Morgan fingerprint density at radius 3 is 1.81 bits per heavy atom. The molecule has 156 valence electrons. The molecule has 2 heterocycles. The quantitative estimate of drug-likeness (QED) is 0.376. The number of benzene rings is 2. The summed E-state index contributed by atoms with van der Waals surface area (Å²) < 4.78 is 9.20. The van der Waals surface area contributed by atoms with Crippen LogP contribution in [0.4, 0.5) is 5.82 Å². The SMILES string of the molecule is Cc1ccc(-c2c(C#N)[nH]o[n+]2=O)cc1.Cc1ccc(-c2c([N+](=O)[O-])[nH]o[n+]2=O)cc1. The van der Waals surface area contributed by atoms with Crippen LogP contribution in [0.3, 0.4) is 0 Å². The van der Waals surface area contributed by atoms with E-state index in [0.29, 0.717) is 15.7 Å². The summed E-state index contributed by atoms with van der Waals surface area (Å²) in [5, 5.41) is 23.6. The fraction of sp³-hybridized carbons (Fsp3) is 0.105. The van der Waals surface area contributed by atoms with Gasteiger partial charge in [0.1, 0.15) is 0 Å². The molecule has 2 aromatic carbocycles. The third-order valence-electron chi connectivity index (χ3n) is 4.23. The van der Waals surface area contributed by atoms with Crippen molar-refractivity contribution in [1.29, 1.82) is 5.26 Å². The van der Waals surface area contributed by atoms with Crippen LogP contribution < -0.4 is 9.20 Å². The van der Waals surface area contributed by atoms with Crippen LogP contribution in [0.2, 0.25) is 0 Å². The van der Waals surface area contributed by atoms with Crippen LogP contribution >= 0.6 is 0 Å². The molecule has 12 heteroatoms. The standard InChI is InChI=1S/C10H8N3O2.C9H8N3O4/c1-7-2-4-8(5-3-7)10-9(6-11)12-15-13(10)14;1-6-2-4-7(5-3-6)8-9(11(13)14)10-16-12(8)15/h2-5,12H,1H3;2-5,10H,1H3/q2*+1. The second kappa shape index (κ2) is 8.70. The van der Waals surface area contributed by atoms with Crippen LogP contribution in [-0.2, 0) is 0 Å². The average molecular weight is 424 g/mol. The molecule has 0 atom stereocenters. The minimum absolute atomic E-state index is 0.0861. The van der Waals surface area contributed by atoms with Crippen molar-refractivity contribution in [2.75, 3.05) is 0 Å². The van der Waals surface area contributed by atoms with E-state index in [1.807, 2.05) is 37.2 Å².